The van der Waals surface area contributed by atoms with Crippen LogP contribution in [0.15, 0.2) is 0 Å². The molecule has 0 aliphatic rings. The third kappa shape index (κ3) is 23.3. The SMILES string of the molecule is CCCCCCCCCCCC(=O)OCCOCCOCCOCCOC. The molecule has 0 atom stereocenters. The smallest absolute Gasteiger partial charge is 0.305 e. The van der Waals surface area contributed by atoms with Crippen molar-refractivity contribution in [1.82, 2.24) is 0 Å². The summed E-state index contributed by atoms with van der Waals surface area (Å²) in [6, 6.07) is 0. The van der Waals surface area contributed by atoms with Gasteiger partial charge in [-0.25, -0.2) is 0 Å². The monoisotopic (exact) mass is 390 g/mol. The molecule has 0 heterocycles. The molecule has 0 aromatic heterocycles. The predicted molar refractivity (Wildman–Crippen MR) is 107 cm³/mol. The maximum absolute atomic E-state index is 11.6. The molecule has 0 N–H and O–H groups in total. The number of rotatable bonds is 22. The first-order valence-electron chi connectivity index (χ1n) is 10.7. The summed E-state index contributed by atoms with van der Waals surface area (Å²) in [6.07, 6.45) is 11.8. The molecule has 162 valence electrons. The summed E-state index contributed by atoms with van der Waals surface area (Å²) in [7, 11) is 1.64. The zero-order chi connectivity index (χ0) is 19.8. The van der Waals surface area contributed by atoms with E-state index >= 15 is 0 Å². The first kappa shape index (κ1) is 26.3. The molecule has 0 aromatic carbocycles. The fourth-order valence-electron chi connectivity index (χ4n) is 2.55. The van der Waals surface area contributed by atoms with Gasteiger partial charge in [0.05, 0.1) is 46.2 Å². The van der Waals surface area contributed by atoms with Gasteiger partial charge >= 0.3 is 5.97 Å². The van der Waals surface area contributed by atoms with E-state index in [1.54, 1.807) is 7.11 Å². The van der Waals surface area contributed by atoms with Gasteiger partial charge in [0.15, 0.2) is 0 Å². The van der Waals surface area contributed by atoms with Crippen LogP contribution in [-0.4, -0.2) is 65.9 Å². The molecule has 0 aliphatic carbocycles. The van der Waals surface area contributed by atoms with Crippen molar-refractivity contribution in [3.05, 3.63) is 0 Å². The second-order valence-electron chi connectivity index (χ2n) is 6.63. The molecular weight excluding hydrogens is 348 g/mol. The highest BCUT2D eigenvalue weighted by molar-refractivity contribution is 5.69. The molecule has 0 rings (SSSR count). The van der Waals surface area contributed by atoms with E-state index in [1.807, 2.05) is 0 Å². The van der Waals surface area contributed by atoms with Gasteiger partial charge in [-0.3, -0.25) is 4.79 Å². The predicted octanol–water partition coefficient (Wildman–Crippen LogP) is 4.15. The van der Waals surface area contributed by atoms with E-state index in [-0.39, 0.29) is 5.97 Å². The lowest BCUT2D eigenvalue weighted by Crippen LogP contribution is -2.14. The zero-order valence-electron chi connectivity index (χ0n) is 17.7. The first-order chi connectivity index (χ1) is 13.3. The minimum Gasteiger partial charge on any atom is -0.463 e. The molecule has 27 heavy (non-hydrogen) atoms. The fourth-order valence-corrected chi connectivity index (χ4v) is 2.55. The summed E-state index contributed by atoms with van der Waals surface area (Å²) < 4.78 is 26.0. The Morgan fingerprint density at radius 2 is 1.04 bits per heavy atom. The first-order valence-corrected chi connectivity index (χ1v) is 10.7. The van der Waals surface area contributed by atoms with E-state index in [0.29, 0.717) is 59.3 Å². The zero-order valence-corrected chi connectivity index (χ0v) is 17.7. The second kappa shape index (κ2) is 23.3. The van der Waals surface area contributed by atoms with E-state index in [2.05, 4.69) is 6.92 Å². The Balaban J connectivity index is 3.13. The maximum atomic E-state index is 11.6. The molecule has 0 aromatic rings. The second-order valence-corrected chi connectivity index (χ2v) is 6.63. The summed E-state index contributed by atoms with van der Waals surface area (Å²) in [5, 5.41) is 0. The van der Waals surface area contributed by atoms with Crippen LogP contribution < -0.4 is 0 Å². The van der Waals surface area contributed by atoms with Gasteiger partial charge in [-0.05, 0) is 6.42 Å². The van der Waals surface area contributed by atoms with Gasteiger partial charge in [0.1, 0.15) is 6.61 Å². The van der Waals surface area contributed by atoms with Crippen molar-refractivity contribution in [3.63, 3.8) is 0 Å². The van der Waals surface area contributed by atoms with Crippen molar-refractivity contribution in [3.8, 4) is 0 Å². The maximum Gasteiger partial charge on any atom is 0.305 e. The Morgan fingerprint density at radius 1 is 0.593 bits per heavy atom. The van der Waals surface area contributed by atoms with Crippen LogP contribution in [0.5, 0.6) is 0 Å². The Kier molecular flexibility index (Phi) is 22.8. The number of ether oxygens (including phenoxy) is 5. The molecule has 0 bridgehead atoms. The molecular formula is C21H42O6. The number of hydrogen-bond donors (Lipinski definition) is 0. The van der Waals surface area contributed by atoms with Crippen LogP contribution in [0.1, 0.15) is 71.1 Å². The van der Waals surface area contributed by atoms with Crippen LogP contribution in [0.4, 0.5) is 0 Å². The Morgan fingerprint density at radius 3 is 1.56 bits per heavy atom. The van der Waals surface area contributed by atoms with E-state index in [1.165, 1.54) is 44.9 Å². The van der Waals surface area contributed by atoms with Crippen LogP contribution >= 0.6 is 0 Å². The fraction of sp³-hybridized carbons (Fsp3) is 0.952. The Labute approximate surface area is 166 Å². The van der Waals surface area contributed by atoms with Crippen molar-refractivity contribution in [2.75, 3.05) is 60.0 Å². The highest BCUT2D eigenvalue weighted by Crippen LogP contribution is 2.10. The van der Waals surface area contributed by atoms with Gasteiger partial charge in [0.2, 0.25) is 0 Å². The van der Waals surface area contributed by atoms with Gasteiger partial charge in [0.25, 0.3) is 0 Å². The number of carbonyl (C=O) groups is 1. The molecule has 6 nitrogen and oxygen atoms in total. The summed E-state index contributed by atoms with van der Waals surface area (Å²) in [4.78, 5) is 11.6. The number of hydrogen-bond acceptors (Lipinski definition) is 6. The largest absolute Gasteiger partial charge is 0.463 e. The number of carbonyl (C=O) groups excluding carboxylic acids is 1. The van der Waals surface area contributed by atoms with Crippen molar-refractivity contribution >= 4 is 5.97 Å². The summed E-state index contributed by atoms with van der Waals surface area (Å²) in [5.41, 5.74) is 0. The van der Waals surface area contributed by atoms with Gasteiger partial charge in [-0.2, -0.15) is 0 Å². The van der Waals surface area contributed by atoms with Gasteiger partial charge in [-0.1, -0.05) is 58.3 Å². The van der Waals surface area contributed by atoms with Gasteiger partial charge in [-0.15, -0.1) is 0 Å². The third-order valence-electron chi connectivity index (χ3n) is 4.15. The van der Waals surface area contributed by atoms with Gasteiger partial charge in [0, 0.05) is 13.5 Å². The van der Waals surface area contributed by atoms with Crippen molar-refractivity contribution in [1.29, 1.82) is 0 Å². The molecule has 6 heteroatoms. The topological polar surface area (TPSA) is 63.2 Å². The number of esters is 1. The van der Waals surface area contributed by atoms with Crippen LogP contribution in [0.25, 0.3) is 0 Å². The molecule has 0 unspecified atom stereocenters. The average Bonchev–Trinajstić information content (AvgIpc) is 2.67. The third-order valence-corrected chi connectivity index (χ3v) is 4.15. The van der Waals surface area contributed by atoms with Crippen LogP contribution in [0.2, 0.25) is 0 Å². The summed E-state index contributed by atoms with van der Waals surface area (Å²) >= 11 is 0. The van der Waals surface area contributed by atoms with Crippen LogP contribution in [0, 0.1) is 0 Å². The highest BCUT2D eigenvalue weighted by Gasteiger charge is 2.02. The molecule has 0 amide bonds. The lowest BCUT2D eigenvalue weighted by molar-refractivity contribution is -0.145. The quantitative estimate of drug-likeness (QED) is 0.204. The molecule has 0 spiro atoms. The van der Waals surface area contributed by atoms with E-state index in [9.17, 15) is 4.79 Å². The molecule has 0 radical (unpaired) electrons. The van der Waals surface area contributed by atoms with Crippen molar-refractivity contribution < 1.29 is 28.5 Å². The lowest BCUT2D eigenvalue weighted by Gasteiger charge is -2.07. The molecule has 0 saturated heterocycles. The Hall–Kier alpha value is -0.690. The average molecular weight is 391 g/mol. The standard InChI is InChI=1S/C21H42O6/c1-3-4-5-6-7-8-9-10-11-12-21(22)27-20-19-26-18-17-25-16-15-24-14-13-23-2/h3-20H2,1-2H3. The van der Waals surface area contributed by atoms with Gasteiger partial charge < -0.3 is 23.7 Å². The van der Waals surface area contributed by atoms with Crippen LogP contribution in [-0.2, 0) is 28.5 Å². The van der Waals surface area contributed by atoms with E-state index < -0.39 is 0 Å². The highest BCUT2D eigenvalue weighted by atomic mass is 16.6. The van der Waals surface area contributed by atoms with E-state index in [0.717, 1.165) is 12.8 Å². The number of unbranched alkanes of at least 4 members (excludes halogenated alkanes) is 8. The van der Waals surface area contributed by atoms with Crippen molar-refractivity contribution in [2.45, 2.75) is 71.1 Å². The van der Waals surface area contributed by atoms with Crippen molar-refractivity contribution in [2.24, 2.45) is 0 Å². The van der Waals surface area contributed by atoms with E-state index in [4.69, 9.17) is 23.7 Å². The Bertz CT molecular complexity index is 298. The van der Waals surface area contributed by atoms with Crippen LogP contribution in [0.3, 0.4) is 0 Å². The summed E-state index contributed by atoms with van der Waals surface area (Å²) in [6.45, 7) is 6.26. The lowest BCUT2D eigenvalue weighted by atomic mass is 10.1. The molecule has 0 saturated carbocycles. The minimum atomic E-state index is -0.119. The number of methoxy groups -OCH3 is 1. The molecule has 0 aliphatic heterocycles. The minimum absolute atomic E-state index is 0.119. The molecule has 0 fully saturated rings. The summed E-state index contributed by atoms with van der Waals surface area (Å²) in [5.74, 6) is -0.119. The normalized spacial score (nSPS) is 11.0.